The monoisotopic (exact) mass is 251 g/mol. The Kier molecular flexibility index (Phi) is 4.32. The molecule has 1 nitrogen and oxygen atoms in total. The number of hydrogen-bond donors (Lipinski definition) is 1. The van der Waals surface area contributed by atoms with Crippen molar-refractivity contribution in [3.63, 3.8) is 0 Å². The van der Waals surface area contributed by atoms with Crippen molar-refractivity contribution < 1.29 is 0 Å². The van der Waals surface area contributed by atoms with E-state index in [2.05, 4.69) is 59.7 Å². The number of rotatable bonds is 3. The maximum Gasteiger partial charge on any atom is 0.0192 e. The summed E-state index contributed by atoms with van der Waals surface area (Å²) < 4.78 is 0. The van der Waals surface area contributed by atoms with E-state index >= 15 is 0 Å². The lowest BCUT2D eigenvalue weighted by molar-refractivity contribution is 0.587. The van der Waals surface area contributed by atoms with E-state index in [0.29, 0.717) is 0 Å². The number of aryl methyl sites for hydroxylation is 1. The fraction of sp³-hybridized carbons (Fsp3) is 0.600. The van der Waals surface area contributed by atoms with E-state index < -0.39 is 0 Å². The zero-order valence-corrected chi connectivity index (χ0v) is 12.7. The highest BCUT2D eigenvalue weighted by Gasteiger charge is 2.16. The fourth-order valence-corrected chi connectivity index (χ4v) is 2.52. The van der Waals surface area contributed by atoms with Crippen LogP contribution >= 0.6 is 11.8 Å². The van der Waals surface area contributed by atoms with Crippen LogP contribution in [0.2, 0.25) is 0 Å². The maximum absolute atomic E-state index is 6.01. The maximum atomic E-state index is 6.01. The molecule has 0 fully saturated rings. The van der Waals surface area contributed by atoms with Gasteiger partial charge in [0.05, 0.1) is 0 Å². The molecular formula is C15H25NS. The second-order valence-corrected chi connectivity index (χ2v) is 7.52. The van der Waals surface area contributed by atoms with Gasteiger partial charge in [0.15, 0.2) is 0 Å². The Hall–Kier alpha value is -0.470. The van der Waals surface area contributed by atoms with Gasteiger partial charge in [0, 0.05) is 16.2 Å². The Morgan fingerprint density at radius 1 is 1.12 bits per heavy atom. The average molecular weight is 251 g/mol. The minimum absolute atomic E-state index is 0.111. The van der Waals surface area contributed by atoms with E-state index in [-0.39, 0.29) is 11.0 Å². The van der Waals surface area contributed by atoms with E-state index in [1.807, 2.05) is 11.8 Å². The van der Waals surface area contributed by atoms with Gasteiger partial charge >= 0.3 is 0 Å². The summed E-state index contributed by atoms with van der Waals surface area (Å²) in [5.41, 5.74) is 8.87. The van der Waals surface area contributed by atoms with Gasteiger partial charge in [-0.05, 0) is 43.4 Å². The quantitative estimate of drug-likeness (QED) is 0.818. The first-order chi connectivity index (χ1) is 7.59. The minimum atomic E-state index is -0.111. The molecular weight excluding hydrogens is 226 g/mol. The van der Waals surface area contributed by atoms with Crippen LogP contribution in [0.25, 0.3) is 0 Å². The Morgan fingerprint density at radius 3 is 2.12 bits per heavy atom. The van der Waals surface area contributed by atoms with Gasteiger partial charge in [-0.15, -0.1) is 11.8 Å². The molecule has 0 heterocycles. The second-order valence-electron chi connectivity index (χ2n) is 6.51. The van der Waals surface area contributed by atoms with Gasteiger partial charge in [-0.1, -0.05) is 32.9 Å². The lowest BCUT2D eigenvalue weighted by atomic mass is 9.86. The molecule has 96 valence electrons. The third-order valence-corrected chi connectivity index (χ3v) is 4.30. The van der Waals surface area contributed by atoms with E-state index in [4.69, 9.17) is 5.73 Å². The fourth-order valence-electron chi connectivity index (χ4n) is 1.54. The van der Waals surface area contributed by atoms with Gasteiger partial charge in [-0.25, -0.2) is 0 Å². The second kappa shape index (κ2) is 5.03. The van der Waals surface area contributed by atoms with Crippen LogP contribution in [0, 0.1) is 6.92 Å². The SMILES string of the molecule is Cc1cc(C(C)(C)C)ccc1SCC(C)(C)N. The van der Waals surface area contributed by atoms with Crippen molar-refractivity contribution in [2.75, 3.05) is 5.75 Å². The molecule has 2 N–H and O–H groups in total. The summed E-state index contributed by atoms with van der Waals surface area (Å²) in [5.74, 6) is 0.947. The van der Waals surface area contributed by atoms with Gasteiger partial charge < -0.3 is 5.73 Å². The van der Waals surface area contributed by atoms with Crippen LogP contribution in [0.4, 0.5) is 0 Å². The highest BCUT2D eigenvalue weighted by Crippen LogP contribution is 2.29. The average Bonchev–Trinajstić information content (AvgIpc) is 2.12. The summed E-state index contributed by atoms with van der Waals surface area (Å²) in [5, 5.41) is 0. The summed E-state index contributed by atoms with van der Waals surface area (Å²) in [4.78, 5) is 1.34. The van der Waals surface area contributed by atoms with Crippen molar-refractivity contribution in [1.82, 2.24) is 0 Å². The first kappa shape index (κ1) is 14.6. The van der Waals surface area contributed by atoms with Crippen LogP contribution in [-0.4, -0.2) is 11.3 Å². The molecule has 0 atom stereocenters. The third kappa shape index (κ3) is 4.72. The molecule has 17 heavy (non-hydrogen) atoms. The van der Waals surface area contributed by atoms with Crippen molar-refractivity contribution in [2.45, 2.75) is 57.4 Å². The largest absolute Gasteiger partial charge is 0.325 e. The first-order valence-corrected chi connectivity index (χ1v) is 7.11. The van der Waals surface area contributed by atoms with Gasteiger partial charge in [-0.3, -0.25) is 0 Å². The molecule has 0 bridgehead atoms. The normalized spacial score (nSPS) is 12.9. The van der Waals surface area contributed by atoms with Gasteiger partial charge in [0.1, 0.15) is 0 Å². The van der Waals surface area contributed by atoms with Crippen molar-refractivity contribution in [3.8, 4) is 0 Å². The third-order valence-electron chi connectivity index (χ3n) is 2.64. The Bertz CT molecular complexity index is 383. The molecule has 1 aromatic rings. The van der Waals surface area contributed by atoms with E-state index in [9.17, 15) is 0 Å². The highest BCUT2D eigenvalue weighted by atomic mass is 32.2. The molecule has 0 unspecified atom stereocenters. The predicted octanol–water partition coefficient (Wildman–Crippen LogP) is 4.12. The predicted molar refractivity (Wildman–Crippen MR) is 78.9 cm³/mol. The van der Waals surface area contributed by atoms with Gasteiger partial charge in [0.2, 0.25) is 0 Å². The van der Waals surface area contributed by atoms with E-state index in [1.54, 1.807) is 0 Å². The molecule has 1 rings (SSSR count). The van der Waals surface area contributed by atoms with Crippen molar-refractivity contribution >= 4 is 11.8 Å². The van der Waals surface area contributed by atoms with Crippen LogP contribution in [-0.2, 0) is 5.41 Å². The van der Waals surface area contributed by atoms with Crippen molar-refractivity contribution in [1.29, 1.82) is 0 Å². The summed E-state index contributed by atoms with van der Waals surface area (Å²) in [6.45, 7) is 13.1. The van der Waals surface area contributed by atoms with Gasteiger partial charge in [-0.2, -0.15) is 0 Å². The molecule has 0 amide bonds. The molecule has 1 aromatic carbocycles. The molecule has 0 aliphatic carbocycles. The first-order valence-electron chi connectivity index (χ1n) is 6.12. The summed E-state index contributed by atoms with van der Waals surface area (Å²) in [6, 6.07) is 6.76. The van der Waals surface area contributed by atoms with E-state index in [1.165, 1.54) is 16.0 Å². The molecule has 0 aliphatic rings. The number of thioether (sulfide) groups is 1. The molecule has 2 heteroatoms. The minimum Gasteiger partial charge on any atom is -0.325 e. The smallest absolute Gasteiger partial charge is 0.0192 e. The zero-order chi connectivity index (χ0) is 13.3. The van der Waals surface area contributed by atoms with Crippen molar-refractivity contribution in [2.24, 2.45) is 5.73 Å². The van der Waals surface area contributed by atoms with Crippen LogP contribution in [0.3, 0.4) is 0 Å². The number of benzene rings is 1. The van der Waals surface area contributed by atoms with Crippen molar-refractivity contribution in [3.05, 3.63) is 29.3 Å². The molecule has 0 aromatic heterocycles. The standard InChI is InChI=1S/C15H25NS/c1-11-9-12(14(2,3)4)7-8-13(11)17-10-15(5,6)16/h7-9H,10,16H2,1-6H3. The van der Waals surface area contributed by atoms with Crippen LogP contribution in [0.1, 0.15) is 45.7 Å². The Balaban J connectivity index is 2.84. The van der Waals surface area contributed by atoms with Crippen LogP contribution in [0.5, 0.6) is 0 Å². The Morgan fingerprint density at radius 2 is 1.71 bits per heavy atom. The molecule has 0 aliphatic heterocycles. The summed E-state index contributed by atoms with van der Waals surface area (Å²) in [6.07, 6.45) is 0. The number of hydrogen-bond acceptors (Lipinski definition) is 2. The lowest BCUT2D eigenvalue weighted by Crippen LogP contribution is -2.34. The summed E-state index contributed by atoms with van der Waals surface area (Å²) in [7, 11) is 0. The summed E-state index contributed by atoms with van der Waals surface area (Å²) >= 11 is 1.85. The Labute approximate surface area is 110 Å². The van der Waals surface area contributed by atoms with Crippen LogP contribution in [0.15, 0.2) is 23.1 Å². The topological polar surface area (TPSA) is 26.0 Å². The zero-order valence-electron chi connectivity index (χ0n) is 11.9. The van der Waals surface area contributed by atoms with E-state index in [0.717, 1.165) is 5.75 Å². The number of nitrogens with two attached hydrogens (primary N) is 1. The molecule has 0 saturated carbocycles. The molecule has 0 saturated heterocycles. The molecule has 0 radical (unpaired) electrons. The van der Waals surface area contributed by atoms with Gasteiger partial charge in [0.25, 0.3) is 0 Å². The highest BCUT2D eigenvalue weighted by molar-refractivity contribution is 7.99. The lowest BCUT2D eigenvalue weighted by Gasteiger charge is -2.22. The van der Waals surface area contributed by atoms with Crippen LogP contribution < -0.4 is 5.73 Å². The molecule has 0 spiro atoms.